The minimum atomic E-state index is -0.478. The van der Waals surface area contributed by atoms with Gasteiger partial charge < -0.3 is 21.7 Å². The van der Waals surface area contributed by atoms with Gasteiger partial charge in [-0.2, -0.15) is 9.98 Å². The molecule has 1 aromatic rings. The molecule has 4 aliphatic heterocycles. The number of aromatic nitrogens is 2. The molecule has 11 nitrogen and oxygen atoms in total. The van der Waals surface area contributed by atoms with Crippen LogP contribution in [0.3, 0.4) is 0 Å². The van der Waals surface area contributed by atoms with Crippen molar-refractivity contribution in [2.75, 3.05) is 22.5 Å². The Labute approximate surface area is 153 Å². The van der Waals surface area contributed by atoms with Gasteiger partial charge in [-0.25, -0.2) is 9.98 Å². The van der Waals surface area contributed by atoms with E-state index in [9.17, 15) is 9.59 Å². The van der Waals surface area contributed by atoms with Crippen LogP contribution in [0.15, 0.2) is 31.2 Å². The SMILES string of the molecule is CC1=C2N=C3C(=O)N=C(N)N=C3CC[C@H]2[C@@H]2CNc3nc(N)[nH]c(=O)c3N12. The largest absolute Gasteiger partial charge is 0.369 e. The van der Waals surface area contributed by atoms with Crippen LogP contribution in [0.5, 0.6) is 0 Å². The van der Waals surface area contributed by atoms with E-state index in [0.717, 1.165) is 17.8 Å². The molecule has 0 aliphatic carbocycles. The molecule has 5 rings (SSSR count). The van der Waals surface area contributed by atoms with E-state index in [1.54, 1.807) is 0 Å². The Balaban J connectivity index is 1.67. The number of carbonyl (C=O) groups is 1. The van der Waals surface area contributed by atoms with Crippen molar-refractivity contribution in [2.45, 2.75) is 25.8 Å². The second-order valence-electron chi connectivity index (χ2n) is 6.88. The van der Waals surface area contributed by atoms with Gasteiger partial charge in [0.1, 0.15) is 0 Å². The Kier molecular flexibility index (Phi) is 3.06. The number of guanidine groups is 1. The third-order valence-electron chi connectivity index (χ3n) is 5.38. The first-order valence-corrected chi connectivity index (χ1v) is 8.63. The quantitative estimate of drug-likeness (QED) is 0.472. The number of hydrogen-bond acceptors (Lipinski definition) is 9. The van der Waals surface area contributed by atoms with Crippen molar-refractivity contribution in [3.8, 4) is 0 Å². The number of rotatable bonds is 0. The molecule has 4 aliphatic rings. The van der Waals surface area contributed by atoms with E-state index in [1.165, 1.54) is 0 Å². The van der Waals surface area contributed by atoms with Crippen molar-refractivity contribution in [3.05, 3.63) is 21.7 Å². The van der Waals surface area contributed by atoms with Gasteiger partial charge in [0.2, 0.25) is 11.9 Å². The second-order valence-corrected chi connectivity index (χ2v) is 6.88. The highest BCUT2D eigenvalue weighted by Gasteiger charge is 2.46. The molecular formula is C16H17N9O2. The molecule has 1 aromatic heterocycles. The van der Waals surface area contributed by atoms with Crippen LogP contribution in [0.1, 0.15) is 19.8 Å². The average molecular weight is 367 g/mol. The van der Waals surface area contributed by atoms with Crippen LogP contribution in [0.2, 0.25) is 0 Å². The maximum atomic E-state index is 12.5. The normalized spacial score (nSPS) is 26.0. The summed E-state index contributed by atoms with van der Waals surface area (Å²) in [7, 11) is 0. The molecule has 0 saturated carbocycles. The van der Waals surface area contributed by atoms with Crippen molar-refractivity contribution < 1.29 is 4.79 Å². The molecule has 2 atom stereocenters. The van der Waals surface area contributed by atoms with Crippen LogP contribution in [0.4, 0.5) is 17.5 Å². The number of carbonyl (C=O) groups excluding carboxylic acids is 1. The fourth-order valence-electron chi connectivity index (χ4n) is 4.29. The topological polar surface area (TPSA) is 167 Å². The third kappa shape index (κ3) is 2.14. The first kappa shape index (κ1) is 15.7. The van der Waals surface area contributed by atoms with E-state index < -0.39 is 5.91 Å². The summed E-state index contributed by atoms with van der Waals surface area (Å²) in [4.78, 5) is 46.1. The lowest BCUT2D eigenvalue weighted by Gasteiger charge is -2.36. The summed E-state index contributed by atoms with van der Waals surface area (Å²) in [6, 6.07) is -0.0162. The van der Waals surface area contributed by atoms with Gasteiger partial charge in [-0.1, -0.05) is 0 Å². The van der Waals surface area contributed by atoms with E-state index in [1.807, 2.05) is 11.8 Å². The summed E-state index contributed by atoms with van der Waals surface area (Å²) in [5.41, 5.74) is 13.8. The summed E-state index contributed by atoms with van der Waals surface area (Å²) in [6.07, 6.45) is 1.30. The Hall–Kier alpha value is -3.50. The molecule has 0 spiro atoms. The molecular weight excluding hydrogens is 350 g/mol. The van der Waals surface area contributed by atoms with Crippen molar-refractivity contribution in [2.24, 2.45) is 26.6 Å². The smallest absolute Gasteiger partial charge is 0.300 e. The average Bonchev–Trinajstić information content (AvgIpc) is 2.75. The third-order valence-corrected chi connectivity index (χ3v) is 5.38. The van der Waals surface area contributed by atoms with Crippen LogP contribution >= 0.6 is 0 Å². The molecule has 0 saturated heterocycles. The van der Waals surface area contributed by atoms with Gasteiger partial charge in [-0.05, 0) is 19.8 Å². The number of amides is 1. The number of nitrogens with zero attached hydrogens (tertiary/aromatic N) is 5. The number of nitrogens with one attached hydrogen (secondary N) is 2. The molecule has 27 heavy (non-hydrogen) atoms. The molecule has 0 fully saturated rings. The van der Waals surface area contributed by atoms with Crippen LogP contribution in [0, 0.1) is 5.92 Å². The number of anilines is 3. The summed E-state index contributed by atoms with van der Waals surface area (Å²) >= 11 is 0. The minimum absolute atomic E-state index is 0.0162. The van der Waals surface area contributed by atoms with Gasteiger partial charge >= 0.3 is 5.91 Å². The maximum Gasteiger partial charge on any atom is 0.300 e. The van der Waals surface area contributed by atoms with Crippen LogP contribution in [-0.4, -0.2) is 45.8 Å². The van der Waals surface area contributed by atoms with Gasteiger partial charge in [0.15, 0.2) is 17.2 Å². The van der Waals surface area contributed by atoms with E-state index in [2.05, 4.69) is 30.3 Å². The molecule has 138 valence electrons. The fraction of sp³-hybridized carbons (Fsp3) is 0.375. The van der Waals surface area contributed by atoms with Crippen molar-refractivity contribution in [1.82, 2.24) is 9.97 Å². The Morgan fingerprint density at radius 3 is 2.81 bits per heavy atom. The zero-order chi connectivity index (χ0) is 18.9. The van der Waals surface area contributed by atoms with Crippen LogP contribution in [0.25, 0.3) is 0 Å². The minimum Gasteiger partial charge on any atom is -0.369 e. The van der Waals surface area contributed by atoms with Crippen molar-refractivity contribution >= 4 is 40.7 Å². The molecule has 11 heteroatoms. The van der Waals surface area contributed by atoms with Gasteiger partial charge in [-0.3, -0.25) is 14.6 Å². The Morgan fingerprint density at radius 2 is 2.00 bits per heavy atom. The molecule has 0 bridgehead atoms. The highest BCUT2D eigenvalue weighted by Crippen LogP contribution is 2.44. The highest BCUT2D eigenvalue weighted by molar-refractivity contribution is 6.69. The standard InChI is InChI=1S/C16H17N9O2/c1-5-9-6(2-3-7-10(21-9)13(26)23-15(17)20-7)8-4-19-12-11(25(5)8)14(27)24-16(18)22-12/h6,8H,2-4H2,1H3,(H2,17,23,26)(H4,18,19,22,24,27)/t6-,8-/m0/s1. The molecule has 6 N–H and O–H groups in total. The number of aliphatic imine (C=N–C) groups is 3. The first-order valence-electron chi connectivity index (χ1n) is 8.63. The van der Waals surface area contributed by atoms with Gasteiger partial charge in [-0.15, -0.1) is 0 Å². The second kappa shape index (κ2) is 5.25. The number of aromatic amines is 1. The van der Waals surface area contributed by atoms with Gasteiger partial charge in [0.05, 0.1) is 17.5 Å². The zero-order valence-corrected chi connectivity index (χ0v) is 14.5. The highest BCUT2D eigenvalue weighted by atomic mass is 16.1. The number of fused-ring (bicyclic) bond motifs is 6. The number of H-pyrrole nitrogens is 1. The molecule has 1 amide bonds. The Morgan fingerprint density at radius 1 is 1.19 bits per heavy atom. The number of nitrogen functional groups attached to an aromatic ring is 1. The van der Waals surface area contributed by atoms with Gasteiger partial charge in [0.25, 0.3) is 5.56 Å². The maximum absolute atomic E-state index is 12.5. The lowest BCUT2D eigenvalue weighted by molar-refractivity contribution is -0.111. The predicted molar refractivity (Wildman–Crippen MR) is 101 cm³/mol. The molecule has 0 radical (unpaired) electrons. The molecule has 5 heterocycles. The first-order chi connectivity index (χ1) is 12.9. The van der Waals surface area contributed by atoms with E-state index in [0.29, 0.717) is 30.2 Å². The Bertz CT molecular complexity index is 1080. The monoisotopic (exact) mass is 367 g/mol. The summed E-state index contributed by atoms with van der Waals surface area (Å²) < 4.78 is 0. The number of hydrogen-bond donors (Lipinski definition) is 4. The fourth-order valence-corrected chi connectivity index (χ4v) is 4.29. The lowest BCUT2D eigenvalue weighted by Crippen LogP contribution is -2.46. The summed E-state index contributed by atoms with van der Waals surface area (Å²) in [5, 5.41) is 3.20. The zero-order valence-electron chi connectivity index (χ0n) is 14.5. The summed E-state index contributed by atoms with van der Waals surface area (Å²) in [5.74, 6) is 0.0426. The van der Waals surface area contributed by atoms with E-state index in [-0.39, 0.29) is 35.1 Å². The van der Waals surface area contributed by atoms with Crippen molar-refractivity contribution in [3.63, 3.8) is 0 Å². The predicted octanol–water partition coefficient (Wildman–Crippen LogP) is -0.655. The molecule has 0 unspecified atom stereocenters. The summed E-state index contributed by atoms with van der Waals surface area (Å²) in [6.45, 7) is 2.47. The number of nitrogens with two attached hydrogens (primary N) is 2. The molecule has 0 aromatic carbocycles. The van der Waals surface area contributed by atoms with Crippen LogP contribution in [-0.2, 0) is 4.79 Å². The van der Waals surface area contributed by atoms with Crippen LogP contribution < -0.4 is 27.2 Å². The lowest BCUT2D eigenvalue weighted by atomic mass is 9.92. The number of allylic oxidation sites excluding steroid dienone is 1. The van der Waals surface area contributed by atoms with E-state index >= 15 is 0 Å². The van der Waals surface area contributed by atoms with E-state index in [4.69, 9.17) is 11.5 Å². The van der Waals surface area contributed by atoms with Gasteiger partial charge in [0, 0.05) is 18.2 Å². The van der Waals surface area contributed by atoms with Crippen molar-refractivity contribution in [1.29, 1.82) is 0 Å².